The van der Waals surface area contributed by atoms with E-state index in [1.807, 2.05) is 0 Å². The molecule has 0 aromatic heterocycles. The summed E-state index contributed by atoms with van der Waals surface area (Å²) in [6, 6.07) is 8.98. The Morgan fingerprint density at radius 3 is 2.00 bits per heavy atom. The van der Waals surface area contributed by atoms with E-state index in [2.05, 4.69) is 0 Å². The van der Waals surface area contributed by atoms with Crippen molar-refractivity contribution in [3.63, 3.8) is 0 Å². The van der Waals surface area contributed by atoms with E-state index >= 15 is 0 Å². The van der Waals surface area contributed by atoms with E-state index in [1.54, 1.807) is 35.2 Å². The molecule has 0 bridgehead atoms. The molecule has 1 heterocycles. The van der Waals surface area contributed by atoms with Crippen LogP contribution in [-0.4, -0.2) is 59.0 Å². The molecule has 5 nitrogen and oxygen atoms in total. The van der Waals surface area contributed by atoms with Gasteiger partial charge in [0, 0.05) is 31.2 Å². The van der Waals surface area contributed by atoms with Gasteiger partial charge in [0.15, 0.2) is 0 Å². The Hall–Kier alpha value is -3.08. The molecule has 1 saturated heterocycles. The zero-order chi connectivity index (χ0) is 24.4. The van der Waals surface area contributed by atoms with Crippen molar-refractivity contribution < 1.29 is 41.0 Å². The zero-order valence-electron chi connectivity index (χ0n) is 17.2. The molecular weight excluding hydrogens is 454 g/mol. The van der Waals surface area contributed by atoms with Crippen LogP contribution in [0.5, 0.6) is 0 Å². The number of amides is 1. The minimum Gasteiger partial charge on any atom is -0.480 e. The van der Waals surface area contributed by atoms with Crippen LogP contribution in [0.1, 0.15) is 27.0 Å². The Labute approximate surface area is 185 Å². The third-order valence-corrected chi connectivity index (χ3v) is 5.34. The first kappa shape index (κ1) is 24.6. The predicted octanol–water partition coefficient (Wildman–Crippen LogP) is 4.18. The molecule has 11 heteroatoms. The molecule has 0 spiro atoms. The summed E-state index contributed by atoms with van der Waals surface area (Å²) in [5.41, 5.74) is -3.06. The first-order chi connectivity index (χ1) is 15.3. The van der Waals surface area contributed by atoms with Crippen LogP contribution < -0.4 is 0 Å². The first-order valence-corrected chi connectivity index (χ1v) is 9.93. The number of carbonyl (C=O) groups excluding carboxylic acids is 1. The van der Waals surface area contributed by atoms with Crippen molar-refractivity contribution in [1.29, 1.82) is 0 Å². The lowest BCUT2D eigenvalue weighted by molar-refractivity contribution is -0.143. The molecule has 1 N–H and O–H groups in total. The summed E-state index contributed by atoms with van der Waals surface area (Å²) < 4.78 is 79.3. The summed E-state index contributed by atoms with van der Waals surface area (Å²) in [7, 11) is 0. The lowest BCUT2D eigenvalue weighted by Crippen LogP contribution is -2.56. The van der Waals surface area contributed by atoms with E-state index in [0.717, 1.165) is 5.56 Å². The second-order valence-electron chi connectivity index (χ2n) is 7.77. The number of alkyl halides is 6. The molecule has 1 atom stereocenters. The van der Waals surface area contributed by atoms with Gasteiger partial charge in [0.2, 0.25) is 0 Å². The summed E-state index contributed by atoms with van der Waals surface area (Å²) in [5, 5.41) is 9.07. The van der Waals surface area contributed by atoms with Crippen LogP contribution in [0.15, 0.2) is 48.5 Å². The third-order valence-electron chi connectivity index (χ3n) is 5.34. The van der Waals surface area contributed by atoms with Gasteiger partial charge in [0.1, 0.15) is 0 Å². The van der Waals surface area contributed by atoms with E-state index in [9.17, 15) is 35.9 Å². The lowest BCUT2D eigenvalue weighted by Gasteiger charge is -2.41. The molecule has 1 amide bonds. The Kier molecular flexibility index (Phi) is 7.01. The second-order valence-corrected chi connectivity index (χ2v) is 7.77. The van der Waals surface area contributed by atoms with Crippen molar-refractivity contribution in [3.05, 3.63) is 70.8 Å². The van der Waals surface area contributed by atoms with Gasteiger partial charge in [-0.3, -0.25) is 14.5 Å². The smallest absolute Gasteiger partial charge is 0.416 e. The van der Waals surface area contributed by atoms with E-state index < -0.39 is 47.0 Å². The predicted molar refractivity (Wildman–Crippen MR) is 105 cm³/mol. The molecule has 0 aliphatic carbocycles. The van der Waals surface area contributed by atoms with Gasteiger partial charge in [-0.1, -0.05) is 30.3 Å². The molecule has 0 radical (unpaired) electrons. The minimum atomic E-state index is -5.07. The average molecular weight is 474 g/mol. The van der Waals surface area contributed by atoms with Crippen LogP contribution in [-0.2, 0) is 23.6 Å². The fourth-order valence-corrected chi connectivity index (χ4v) is 3.83. The van der Waals surface area contributed by atoms with Crippen molar-refractivity contribution in [2.24, 2.45) is 0 Å². The highest BCUT2D eigenvalue weighted by Gasteiger charge is 2.39. The normalized spacial score (nSPS) is 17.8. The highest BCUT2D eigenvalue weighted by Crippen LogP contribution is 2.36. The molecule has 3 rings (SSSR count). The SMILES string of the molecule is O=C(O)CN1CCN(C(=O)c2cc(C(F)(F)F)cc(C(F)(F)F)c2)[C@H](Cc2ccccc2)C1. The largest absolute Gasteiger partial charge is 0.480 e. The Bertz CT molecular complexity index is 975. The van der Waals surface area contributed by atoms with Crippen LogP contribution in [0.3, 0.4) is 0 Å². The van der Waals surface area contributed by atoms with Crippen molar-refractivity contribution in [3.8, 4) is 0 Å². The topological polar surface area (TPSA) is 60.9 Å². The van der Waals surface area contributed by atoms with Crippen LogP contribution in [0.4, 0.5) is 26.3 Å². The fourth-order valence-electron chi connectivity index (χ4n) is 3.83. The molecule has 0 saturated carbocycles. The fraction of sp³-hybridized carbons (Fsp3) is 0.364. The maximum atomic E-state index is 13.2. The van der Waals surface area contributed by atoms with Crippen LogP contribution in [0.25, 0.3) is 0 Å². The van der Waals surface area contributed by atoms with Crippen molar-refractivity contribution in [1.82, 2.24) is 9.80 Å². The summed E-state index contributed by atoms with van der Waals surface area (Å²) in [4.78, 5) is 27.0. The van der Waals surface area contributed by atoms with Gasteiger partial charge in [-0.15, -0.1) is 0 Å². The number of nitrogens with zero attached hydrogens (tertiary/aromatic N) is 2. The number of rotatable bonds is 5. The first-order valence-electron chi connectivity index (χ1n) is 9.93. The maximum absolute atomic E-state index is 13.2. The number of piperazine rings is 1. The molecule has 1 aliphatic heterocycles. The number of carboxylic acid groups (broad SMARTS) is 1. The zero-order valence-corrected chi connectivity index (χ0v) is 17.2. The molecule has 33 heavy (non-hydrogen) atoms. The summed E-state index contributed by atoms with van der Waals surface area (Å²) in [6.45, 7) is -0.108. The van der Waals surface area contributed by atoms with Gasteiger partial charge >= 0.3 is 18.3 Å². The summed E-state index contributed by atoms with van der Waals surface area (Å²) >= 11 is 0. The van der Waals surface area contributed by atoms with Gasteiger partial charge in [0.05, 0.1) is 17.7 Å². The van der Waals surface area contributed by atoms with E-state index in [0.29, 0.717) is 12.1 Å². The summed E-state index contributed by atoms with van der Waals surface area (Å²) in [6.07, 6.45) is -9.88. The number of carbonyl (C=O) groups is 2. The van der Waals surface area contributed by atoms with Crippen molar-refractivity contribution >= 4 is 11.9 Å². The third kappa shape index (κ3) is 6.25. The number of aliphatic carboxylic acids is 1. The lowest BCUT2D eigenvalue weighted by atomic mass is 9.99. The number of benzene rings is 2. The highest BCUT2D eigenvalue weighted by molar-refractivity contribution is 5.95. The van der Waals surface area contributed by atoms with E-state index in [1.165, 1.54) is 4.90 Å². The number of hydrogen-bond acceptors (Lipinski definition) is 3. The average Bonchev–Trinajstić information content (AvgIpc) is 2.72. The molecule has 2 aromatic rings. The van der Waals surface area contributed by atoms with Gasteiger partial charge < -0.3 is 10.0 Å². The van der Waals surface area contributed by atoms with Crippen LogP contribution in [0, 0.1) is 0 Å². The Morgan fingerprint density at radius 1 is 0.909 bits per heavy atom. The molecule has 1 aliphatic rings. The van der Waals surface area contributed by atoms with Crippen molar-refractivity contribution in [2.45, 2.75) is 24.8 Å². The molecule has 2 aromatic carbocycles. The minimum absolute atomic E-state index is 0.0248. The molecule has 178 valence electrons. The maximum Gasteiger partial charge on any atom is 0.416 e. The van der Waals surface area contributed by atoms with Crippen LogP contribution in [0.2, 0.25) is 0 Å². The standard InChI is InChI=1S/C22H20F6N2O3/c23-21(24,25)16-9-15(10-17(11-16)22(26,27)28)20(33)30-7-6-29(13-19(31)32)12-18(30)8-14-4-2-1-3-5-14/h1-5,9-11,18H,6-8,12-13H2,(H,31,32)/t18-/m1/s1. The van der Waals surface area contributed by atoms with Gasteiger partial charge in [-0.25, -0.2) is 0 Å². The number of hydrogen-bond donors (Lipinski definition) is 1. The monoisotopic (exact) mass is 474 g/mol. The van der Waals surface area contributed by atoms with E-state index in [4.69, 9.17) is 5.11 Å². The van der Waals surface area contributed by atoms with Crippen LogP contribution >= 0.6 is 0 Å². The highest BCUT2D eigenvalue weighted by atomic mass is 19.4. The van der Waals surface area contributed by atoms with Crippen molar-refractivity contribution in [2.75, 3.05) is 26.2 Å². The number of carboxylic acids is 1. The quantitative estimate of drug-likeness (QED) is 0.661. The molecular formula is C22H20F6N2O3. The summed E-state index contributed by atoms with van der Waals surface area (Å²) in [5.74, 6) is -2.05. The molecule has 1 fully saturated rings. The number of halogens is 6. The molecule has 0 unspecified atom stereocenters. The van der Waals surface area contributed by atoms with Gasteiger partial charge in [-0.05, 0) is 30.2 Å². The Morgan fingerprint density at radius 2 is 1.48 bits per heavy atom. The Balaban J connectivity index is 1.96. The van der Waals surface area contributed by atoms with Gasteiger partial charge in [-0.2, -0.15) is 26.3 Å². The van der Waals surface area contributed by atoms with Gasteiger partial charge in [0.25, 0.3) is 5.91 Å². The second kappa shape index (κ2) is 9.42. The van der Waals surface area contributed by atoms with E-state index in [-0.39, 0.29) is 38.7 Å².